The second-order valence-corrected chi connectivity index (χ2v) is 3.94. The molecule has 0 spiro atoms. The van der Waals surface area contributed by atoms with Gasteiger partial charge in [0.1, 0.15) is 0 Å². The van der Waals surface area contributed by atoms with Gasteiger partial charge in [0.25, 0.3) is 0 Å². The highest BCUT2D eigenvalue weighted by Crippen LogP contribution is 2.24. The van der Waals surface area contributed by atoms with E-state index in [0.29, 0.717) is 16.5 Å². The van der Waals surface area contributed by atoms with Crippen LogP contribution >= 0.6 is 22.9 Å². The molecule has 0 aromatic carbocycles. The molecule has 2 rings (SSSR count). The lowest BCUT2D eigenvalue weighted by molar-refractivity contribution is 1.31. The molecule has 0 bridgehead atoms. The summed E-state index contributed by atoms with van der Waals surface area (Å²) in [6.45, 7) is 0. The number of nitrogens with two attached hydrogens (primary N) is 1. The average Bonchev–Trinajstić information content (AvgIpc) is 2.62. The molecular weight excluding hydrogens is 218 g/mol. The third-order valence-electron chi connectivity index (χ3n) is 1.67. The number of aromatic nitrogens is 1. The van der Waals surface area contributed by atoms with Crippen LogP contribution in [0.25, 0.3) is 0 Å². The minimum atomic E-state index is 0.540. The molecule has 2 aromatic heterocycles. The molecule has 14 heavy (non-hydrogen) atoms. The SMILES string of the molecule is Nc1cc(Cl)cnc1Nc1ccsc1. The molecule has 0 fully saturated rings. The van der Waals surface area contributed by atoms with Crippen LogP contribution in [-0.4, -0.2) is 4.98 Å². The molecule has 2 aromatic rings. The van der Waals surface area contributed by atoms with E-state index in [4.69, 9.17) is 17.3 Å². The van der Waals surface area contributed by atoms with Crippen molar-refractivity contribution in [2.24, 2.45) is 0 Å². The van der Waals surface area contributed by atoms with E-state index in [-0.39, 0.29) is 0 Å². The van der Waals surface area contributed by atoms with Gasteiger partial charge in [-0.3, -0.25) is 0 Å². The van der Waals surface area contributed by atoms with Crippen molar-refractivity contribution < 1.29 is 0 Å². The topological polar surface area (TPSA) is 50.9 Å². The fourth-order valence-electron chi connectivity index (χ4n) is 1.03. The molecular formula is C9H8ClN3S. The molecule has 72 valence electrons. The molecule has 0 amide bonds. The van der Waals surface area contributed by atoms with Crippen LogP contribution in [0.4, 0.5) is 17.2 Å². The first-order valence-corrected chi connectivity index (χ1v) is 5.28. The lowest BCUT2D eigenvalue weighted by atomic mass is 10.4. The van der Waals surface area contributed by atoms with Crippen molar-refractivity contribution in [3.05, 3.63) is 34.1 Å². The Morgan fingerprint density at radius 2 is 2.36 bits per heavy atom. The Morgan fingerprint density at radius 1 is 1.50 bits per heavy atom. The molecule has 0 aliphatic heterocycles. The first kappa shape index (κ1) is 9.30. The van der Waals surface area contributed by atoms with Gasteiger partial charge in [0.2, 0.25) is 0 Å². The quantitative estimate of drug-likeness (QED) is 0.826. The van der Waals surface area contributed by atoms with Crippen molar-refractivity contribution >= 4 is 40.1 Å². The van der Waals surface area contributed by atoms with Crippen LogP contribution in [-0.2, 0) is 0 Å². The van der Waals surface area contributed by atoms with Gasteiger partial charge in [0, 0.05) is 11.6 Å². The van der Waals surface area contributed by atoms with Gasteiger partial charge >= 0.3 is 0 Å². The molecule has 0 aliphatic rings. The molecule has 0 atom stereocenters. The third kappa shape index (κ3) is 1.97. The summed E-state index contributed by atoms with van der Waals surface area (Å²) in [5, 5.41) is 7.60. The molecule has 0 aliphatic carbocycles. The second kappa shape index (κ2) is 3.86. The number of nitrogens with zero attached hydrogens (tertiary/aromatic N) is 1. The Balaban J connectivity index is 2.25. The molecule has 0 saturated carbocycles. The van der Waals surface area contributed by atoms with Gasteiger partial charge in [0.15, 0.2) is 5.82 Å². The van der Waals surface area contributed by atoms with Crippen LogP contribution < -0.4 is 11.1 Å². The zero-order valence-corrected chi connectivity index (χ0v) is 8.77. The van der Waals surface area contributed by atoms with Crippen LogP contribution in [0.15, 0.2) is 29.1 Å². The second-order valence-electron chi connectivity index (χ2n) is 2.73. The summed E-state index contributed by atoms with van der Waals surface area (Å²) in [7, 11) is 0. The summed E-state index contributed by atoms with van der Waals surface area (Å²) >= 11 is 7.34. The van der Waals surface area contributed by atoms with Crippen molar-refractivity contribution in [2.75, 3.05) is 11.1 Å². The number of pyridine rings is 1. The Morgan fingerprint density at radius 3 is 3.00 bits per heavy atom. The van der Waals surface area contributed by atoms with E-state index in [2.05, 4.69) is 10.3 Å². The number of rotatable bonds is 2. The number of nitrogen functional groups attached to an aromatic ring is 1. The van der Waals surface area contributed by atoms with Crippen LogP contribution in [0.2, 0.25) is 5.02 Å². The van der Waals surface area contributed by atoms with Gasteiger partial charge < -0.3 is 11.1 Å². The van der Waals surface area contributed by atoms with Gasteiger partial charge in [-0.1, -0.05) is 11.6 Å². The van der Waals surface area contributed by atoms with Crippen LogP contribution in [0, 0.1) is 0 Å². The highest BCUT2D eigenvalue weighted by molar-refractivity contribution is 7.08. The maximum atomic E-state index is 5.73. The predicted molar refractivity (Wildman–Crippen MR) is 61.3 cm³/mol. The number of hydrogen-bond acceptors (Lipinski definition) is 4. The van der Waals surface area contributed by atoms with E-state index in [0.717, 1.165) is 5.69 Å². The summed E-state index contributed by atoms with van der Waals surface area (Å²) in [6.07, 6.45) is 1.56. The number of anilines is 3. The maximum absolute atomic E-state index is 5.73. The summed E-state index contributed by atoms with van der Waals surface area (Å²) < 4.78 is 0. The van der Waals surface area contributed by atoms with E-state index >= 15 is 0 Å². The average molecular weight is 226 g/mol. The fourth-order valence-corrected chi connectivity index (χ4v) is 1.79. The van der Waals surface area contributed by atoms with Gasteiger partial charge in [-0.05, 0) is 17.5 Å². The number of thiophene rings is 1. The summed E-state index contributed by atoms with van der Waals surface area (Å²) in [5.41, 5.74) is 7.26. The monoisotopic (exact) mass is 225 g/mol. The highest BCUT2D eigenvalue weighted by atomic mass is 35.5. The molecule has 3 nitrogen and oxygen atoms in total. The lowest BCUT2D eigenvalue weighted by Gasteiger charge is -2.05. The van der Waals surface area contributed by atoms with E-state index < -0.39 is 0 Å². The number of hydrogen-bond donors (Lipinski definition) is 2. The molecule has 3 N–H and O–H groups in total. The third-order valence-corrected chi connectivity index (χ3v) is 2.56. The van der Waals surface area contributed by atoms with Crippen LogP contribution in [0.3, 0.4) is 0 Å². The molecule has 0 unspecified atom stereocenters. The summed E-state index contributed by atoms with van der Waals surface area (Å²) in [5.74, 6) is 0.632. The van der Waals surface area contributed by atoms with E-state index in [1.54, 1.807) is 23.6 Å². The number of nitrogens with one attached hydrogen (secondary N) is 1. The summed E-state index contributed by atoms with van der Waals surface area (Å²) in [4.78, 5) is 4.09. The molecule has 0 radical (unpaired) electrons. The molecule has 5 heteroatoms. The minimum absolute atomic E-state index is 0.540. The standard InChI is InChI=1S/C9H8ClN3S/c10-6-3-8(11)9(12-4-6)13-7-1-2-14-5-7/h1-5H,11H2,(H,12,13). The van der Waals surface area contributed by atoms with Crippen molar-refractivity contribution in [1.82, 2.24) is 4.98 Å². The van der Waals surface area contributed by atoms with Crippen molar-refractivity contribution in [3.8, 4) is 0 Å². The van der Waals surface area contributed by atoms with Gasteiger partial charge in [-0.15, -0.1) is 0 Å². The van der Waals surface area contributed by atoms with E-state index in [9.17, 15) is 0 Å². The molecule has 2 heterocycles. The zero-order chi connectivity index (χ0) is 9.97. The lowest BCUT2D eigenvalue weighted by Crippen LogP contribution is -1.97. The minimum Gasteiger partial charge on any atom is -0.396 e. The Hall–Kier alpha value is -1.26. The van der Waals surface area contributed by atoms with Crippen molar-refractivity contribution in [1.29, 1.82) is 0 Å². The van der Waals surface area contributed by atoms with Gasteiger partial charge in [0.05, 0.1) is 16.4 Å². The first-order valence-electron chi connectivity index (χ1n) is 3.96. The maximum Gasteiger partial charge on any atom is 0.153 e. The normalized spacial score (nSPS) is 10.1. The number of halogens is 1. The highest BCUT2D eigenvalue weighted by Gasteiger charge is 2.01. The van der Waals surface area contributed by atoms with Crippen molar-refractivity contribution in [3.63, 3.8) is 0 Å². The largest absolute Gasteiger partial charge is 0.396 e. The Kier molecular flexibility index (Phi) is 2.56. The van der Waals surface area contributed by atoms with Gasteiger partial charge in [-0.25, -0.2) is 4.98 Å². The predicted octanol–water partition coefficient (Wildman–Crippen LogP) is 3.12. The molecule has 0 saturated heterocycles. The van der Waals surface area contributed by atoms with Crippen LogP contribution in [0.5, 0.6) is 0 Å². The van der Waals surface area contributed by atoms with Crippen LogP contribution in [0.1, 0.15) is 0 Å². The van der Waals surface area contributed by atoms with E-state index in [1.807, 2.05) is 16.8 Å². The van der Waals surface area contributed by atoms with Crippen molar-refractivity contribution in [2.45, 2.75) is 0 Å². The summed E-state index contributed by atoms with van der Waals surface area (Å²) in [6, 6.07) is 3.63. The Labute approximate surface area is 90.5 Å². The Bertz CT molecular complexity index is 428. The smallest absolute Gasteiger partial charge is 0.153 e. The first-order chi connectivity index (χ1) is 6.75. The van der Waals surface area contributed by atoms with Gasteiger partial charge in [-0.2, -0.15) is 11.3 Å². The fraction of sp³-hybridized carbons (Fsp3) is 0. The zero-order valence-electron chi connectivity index (χ0n) is 7.20. The van der Waals surface area contributed by atoms with E-state index in [1.165, 1.54) is 0 Å².